The lowest BCUT2D eigenvalue weighted by molar-refractivity contribution is -0.0261. The van der Waals surface area contributed by atoms with E-state index in [0.717, 1.165) is 0 Å². The molecule has 1 saturated heterocycles. The molecule has 12 heteroatoms. The second-order valence-electron chi connectivity index (χ2n) is 10.7. The van der Waals surface area contributed by atoms with Crippen LogP contribution in [0.5, 0.6) is 5.75 Å². The number of hydrogen-bond donors (Lipinski definition) is 2. The lowest BCUT2D eigenvalue weighted by Crippen LogP contribution is -2.52. The Morgan fingerprint density at radius 3 is 2.52 bits per heavy atom. The van der Waals surface area contributed by atoms with Crippen LogP contribution in [-0.4, -0.2) is 49.9 Å². The minimum atomic E-state index is -1.29. The number of fused-ring (bicyclic) bond motifs is 4. The van der Waals surface area contributed by atoms with E-state index in [0.29, 0.717) is 42.3 Å². The number of carbonyl (C=O) groups excluding carboxylic acids is 2. The number of amides is 2. The third-order valence-electron chi connectivity index (χ3n) is 8.04. The number of benzene rings is 2. The van der Waals surface area contributed by atoms with E-state index in [4.69, 9.17) is 4.74 Å². The van der Waals surface area contributed by atoms with Crippen LogP contribution in [0.4, 0.5) is 13.2 Å². The topological polar surface area (TPSA) is 101 Å². The molecule has 3 atom stereocenters. The van der Waals surface area contributed by atoms with Crippen LogP contribution >= 0.6 is 15.9 Å². The van der Waals surface area contributed by atoms with Gasteiger partial charge in [0.1, 0.15) is 29.6 Å². The predicted molar refractivity (Wildman–Crippen MR) is 151 cm³/mol. The van der Waals surface area contributed by atoms with Crippen molar-refractivity contribution in [3.63, 3.8) is 0 Å². The molecule has 2 aliphatic rings. The molecule has 2 aliphatic heterocycles. The van der Waals surface area contributed by atoms with Crippen molar-refractivity contribution in [3.8, 4) is 5.75 Å². The molecule has 2 amide bonds. The lowest BCUT2D eigenvalue weighted by atomic mass is 9.86. The van der Waals surface area contributed by atoms with Crippen molar-refractivity contribution in [1.82, 2.24) is 14.8 Å². The average Bonchev–Trinajstić information content (AvgIpc) is 3.06. The molecule has 0 unspecified atom stereocenters. The van der Waals surface area contributed by atoms with Crippen molar-refractivity contribution in [1.29, 1.82) is 0 Å². The fourth-order valence-corrected chi connectivity index (χ4v) is 6.32. The monoisotopic (exact) mass is 647 g/mol. The van der Waals surface area contributed by atoms with Crippen molar-refractivity contribution in [3.05, 3.63) is 98.7 Å². The summed E-state index contributed by atoms with van der Waals surface area (Å²) in [7, 11) is 0. The van der Waals surface area contributed by atoms with E-state index in [1.165, 1.54) is 10.8 Å². The quantitative estimate of drug-likeness (QED) is 0.352. The van der Waals surface area contributed by atoms with E-state index in [1.807, 2.05) is 13.0 Å². The Kier molecular flexibility index (Phi) is 8.47. The molecule has 3 aromatic rings. The zero-order chi connectivity index (χ0) is 30.2. The number of carbonyl (C=O) groups is 2. The van der Waals surface area contributed by atoms with Gasteiger partial charge in [0.15, 0.2) is 11.4 Å². The first-order valence-corrected chi connectivity index (χ1v) is 14.6. The molecule has 2 bridgehead atoms. The van der Waals surface area contributed by atoms with Crippen LogP contribution in [0.15, 0.2) is 53.5 Å². The van der Waals surface area contributed by atoms with Crippen LogP contribution in [-0.2, 0) is 13.2 Å². The number of hydrogen-bond acceptors (Lipinski definition) is 5. The average molecular weight is 648 g/mol. The fourth-order valence-electron chi connectivity index (χ4n) is 5.63. The van der Waals surface area contributed by atoms with Gasteiger partial charge in [0.05, 0.1) is 11.6 Å². The van der Waals surface area contributed by atoms with E-state index < -0.39 is 64.0 Å². The molecule has 8 nitrogen and oxygen atoms in total. The molecule has 0 spiro atoms. The highest BCUT2D eigenvalue weighted by atomic mass is 79.9. The first kappa shape index (κ1) is 29.8. The van der Waals surface area contributed by atoms with Gasteiger partial charge in [-0.25, -0.2) is 13.2 Å². The van der Waals surface area contributed by atoms with Gasteiger partial charge in [-0.05, 0) is 31.7 Å². The largest absolute Gasteiger partial charge is 0.483 e. The van der Waals surface area contributed by atoms with Gasteiger partial charge in [0.25, 0.3) is 11.8 Å². The molecule has 0 radical (unpaired) electrons. The normalized spacial score (nSPS) is 21.5. The summed E-state index contributed by atoms with van der Waals surface area (Å²) >= 11 is 3.40. The van der Waals surface area contributed by atoms with Gasteiger partial charge >= 0.3 is 0 Å². The molecule has 5 rings (SSSR count). The second kappa shape index (κ2) is 11.9. The Morgan fingerprint density at radius 2 is 1.86 bits per heavy atom. The molecule has 1 aromatic heterocycles. The van der Waals surface area contributed by atoms with Crippen LogP contribution in [0.2, 0.25) is 0 Å². The van der Waals surface area contributed by atoms with Crippen LogP contribution in [0.25, 0.3) is 0 Å². The summed E-state index contributed by atoms with van der Waals surface area (Å²) in [5.41, 5.74) is -2.58. The molecule has 222 valence electrons. The molecule has 2 N–H and O–H groups in total. The Balaban J connectivity index is 1.61. The number of aromatic nitrogens is 1. The smallest absolute Gasteiger partial charge is 0.274 e. The molecule has 1 fully saturated rings. The summed E-state index contributed by atoms with van der Waals surface area (Å²) < 4.78 is 49.2. The van der Waals surface area contributed by atoms with Crippen molar-refractivity contribution in [2.45, 2.75) is 57.0 Å². The minimum absolute atomic E-state index is 0.0823. The SMILES string of the molecule is C[C@H]1CC[C@@](O)(CCBr)[C@H]2CN1C(=O)c1c(OCc3ccccc3)c(=O)c(C(=O)NCc3c(F)cc(F)cc3F)cn12. The van der Waals surface area contributed by atoms with Crippen LogP contribution in [0, 0.1) is 17.5 Å². The molecule has 3 heterocycles. The predicted octanol–water partition coefficient (Wildman–Crippen LogP) is 4.47. The number of rotatable bonds is 8. The third-order valence-corrected chi connectivity index (χ3v) is 8.43. The number of pyridine rings is 1. The number of nitrogens with one attached hydrogen (secondary N) is 1. The molecule has 0 saturated carbocycles. The van der Waals surface area contributed by atoms with Crippen LogP contribution < -0.4 is 15.5 Å². The standard InChI is InChI=1S/C30H29BrF3N3O5/c1-17-7-8-30(41,9-10-31)24-15-36(17)29(40)25-27(42-16-18-5-3-2-4-6-18)26(38)21(14-37(24)25)28(39)35-13-20-22(33)11-19(32)12-23(20)34/h2-6,11-12,14,17,24,41H,7-10,13,15-16H2,1H3,(H,35,39)/t17-,24+,30+/m0/s1. The van der Waals surface area contributed by atoms with Gasteiger partial charge in [0, 0.05) is 48.4 Å². The molecule has 42 heavy (non-hydrogen) atoms. The first-order valence-electron chi connectivity index (χ1n) is 13.5. The molecule has 0 aliphatic carbocycles. The maximum absolute atomic E-state index is 14.2. The van der Waals surface area contributed by atoms with Gasteiger partial charge in [-0.1, -0.05) is 46.3 Å². The summed E-state index contributed by atoms with van der Waals surface area (Å²) in [6.07, 6.45) is 2.43. The number of aliphatic hydroxyl groups is 1. The molecular formula is C30H29BrF3N3O5. The zero-order valence-electron chi connectivity index (χ0n) is 22.7. The summed E-state index contributed by atoms with van der Waals surface area (Å²) in [5, 5.41) is 14.6. The van der Waals surface area contributed by atoms with Crippen molar-refractivity contribution in [2.24, 2.45) is 0 Å². The van der Waals surface area contributed by atoms with E-state index in [9.17, 15) is 32.7 Å². The molecule has 2 aromatic carbocycles. The van der Waals surface area contributed by atoms with Gasteiger partial charge < -0.3 is 24.6 Å². The van der Waals surface area contributed by atoms with E-state index in [-0.39, 0.29) is 30.6 Å². The van der Waals surface area contributed by atoms with Crippen LogP contribution in [0.3, 0.4) is 0 Å². The summed E-state index contributed by atoms with van der Waals surface area (Å²) in [6.45, 7) is 1.27. The lowest BCUT2D eigenvalue weighted by Gasteiger charge is -2.42. The van der Waals surface area contributed by atoms with Gasteiger partial charge in [-0.15, -0.1) is 0 Å². The van der Waals surface area contributed by atoms with Gasteiger partial charge in [0.2, 0.25) is 5.43 Å². The fraction of sp³-hybridized carbons (Fsp3) is 0.367. The highest BCUT2D eigenvalue weighted by molar-refractivity contribution is 9.09. The minimum Gasteiger partial charge on any atom is -0.483 e. The summed E-state index contributed by atoms with van der Waals surface area (Å²) in [6, 6.07) is 8.96. The highest BCUT2D eigenvalue weighted by Crippen LogP contribution is 2.42. The van der Waals surface area contributed by atoms with Crippen molar-refractivity contribution in [2.75, 3.05) is 11.9 Å². The summed E-state index contributed by atoms with van der Waals surface area (Å²) in [5.74, 6) is -5.31. The number of alkyl halides is 1. The van der Waals surface area contributed by atoms with E-state index in [2.05, 4.69) is 21.2 Å². The molecular weight excluding hydrogens is 619 g/mol. The number of nitrogens with zero attached hydrogens (tertiary/aromatic N) is 2. The maximum atomic E-state index is 14.2. The third kappa shape index (κ3) is 5.57. The van der Waals surface area contributed by atoms with Crippen LogP contribution in [0.1, 0.15) is 64.2 Å². The highest BCUT2D eigenvalue weighted by Gasteiger charge is 2.49. The Hall–Kier alpha value is -3.64. The van der Waals surface area contributed by atoms with E-state index >= 15 is 0 Å². The van der Waals surface area contributed by atoms with E-state index in [1.54, 1.807) is 29.2 Å². The Bertz CT molecular complexity index is 1560. The van der Waals surface area contributed by atoms with Crippen molar-refractivity contribution >= 4 is 27.7 Å². The van der Waals surface area contributed by atoms with Gasteiger partial charge in [-0.3, -0.25) is 14.4 Å². The zero-order valence-corrected chi connectivity index (χ0v) is 24.3. The first-order chi connectivity index (χ1) is 20.0. The Morgan fingerprint density at radius 1 is 1.17 bits per heavy atom. The Labute approximate surface area is 248 Å². The van der Waals surface area contributed by atoms with Crippen molar-refractivity contribution < 1.29 is 32.6 Å². The second-order valence-corrected chi connectivity index (χ2v) is 11.5. The number of halogens is 4. The summed E-state index contributed by atoms with van der Waals surface area (Å²) in [4.78, 5) is 42.5. The maximum Gasteiger partial charge on any atom is 0.274 e. The number of ether oxygens (including phenoxy) is 1. The van der Waals surface area contributed by atoms with Gasteiger partial charge in [-0.2, -0.15) is 0 Å².